The fourth-order valence-electron chi connectivity index (χ4n) is 1.94. The number of carbonyl (C=O) groups excluding carboxylic acids is 1. The summed E-state index contributed by atoms with van der Waals surface area (Å²) in [7, 11) is 0. The fourth-order valence-corrected chi connectivity index (χ4v) is 2.11. The topological polar surface area (TPSA) is 110 Å². The van der Waals surface area contributed by atoms with Gasteiger partial charge in [0.05, 0.1) is 10.5 Å². The van der Waals surface area contributed by atoms with Crippen LogP contribution in [0.15, 0.2) is 42.5 Å². The molecule has 118 valence electrons. The summed E-state index contributed by atoms with van der Waals surface area (Å²) in [6.07, 6.45) is 0. The third-order valence-electron chi connectivity index (χ3n) is 3.03. The van der Waals surface area contributed by atoms with Crippen molar-refractivity contribution < 1.29 is 19.6 Å². The minimum absolute atomic E-state index is 0.0414. The van der Waals surface area contributed by atoms with Crippen molar-refractivity contribution in [3.63, 3.8) is 0 Å². The van der Waals surface area contributed by atoms with Crippen LogP contribution < -0.4 is 5.32 Å². The van der Waals surface area contributed by atoms with Gasteiger partial charge in [-0.3, -0.25) is 14.9 Å². The molecule has 1 amide bonds. The van der Waals surface area contributed by atoms with E-state index in [4.69, 9.17) is 16.7 Å². The number of nitrogens with zero attached hydrogens (tertiary/aromatic N) is 1. The van der Waals surface area contributed by atoms with E-state index in [0.717, 1.165) is 6.07 Å². The molecule has 0 bridgehead atoms. The predicted molar refractivity (Wildman–Crippen MR) is 82.7 cm³/mol. The zero-order chi connectivity index (χ0) is 17.0. The van der Waals surface area contributed by atoms with E-state index >= 15 is 0 Å². The van der Waals surface area contributed by atoms with Gasteiger partial charge in [-0.15, -0.1) is 0 Å². The molecule has 0 spiro atoms. The minimum atomic E-state index is -1.08. The first kappa shape index (κ1) is 16.4. The second-order valence-corrected chi connectivity index (χ2v) is 5.04. The highest BCUT2D eigenvalue weighted by atomic mass is 35.5. The third kappa shape index (κ3) is 4.04. The van der Waals surface area contributed by atoms with Gasteiger partial charge in [-0.1, -0.05) is 23.7 Å². The van der Waals surface area contributed by atoms with Gasteiger partial charge in [-0.05, 0) is 29.8 Å². The molecule has 0 heterocycles. The molecule has 23 heavy (non-hydrogen) atoms. The molecule has 2 N–H and O–H groups in total. The van der Waals surface area contributed by atoms with Crippen LogP contribution in [0, 0.1) is 10.1 Å². The van der Waals surface area contributed by atoms with E-state index in [2.05, 4.69) is 5.32 Å². The molecule has 0 aromatic heterocycles. The minimum Gasteiger partial charge on any atom is -0.478 e. The average molecular weight is 335 g/mol. The predicted octanol–water partition coefficient (Wildman–Crippen LogP) is 2.88. The van der Waals surface area contributed by atoms with Crippen LogP contribution in [0.2, 0.25) is 5.02 Å². The normalized spacial score (nSPS) is 10.1. The first-order valence-electron chi connectivity index (χ1n) is 6.43. The number of rotatable bonds is 5. The molecule has 2 rings (SSSR count). The second-order valence-electron chi connectivity index (χ2n) is 4.61. The molecular weight excluding hydrogens is 324 g/mol. The summed E-state index contributed by atoms with van der Waals surface area (Å²) in [4.78, 5) is 33.3. The maximum absolute atomic E-state index is 12.1. The second kappa shape index (κ2) is 6.89. The van der Waals surface area contributed by atoms with E-state index in [1.807, 2.05) is 0 Å². The summed E-state index contributed by atoms with van der Waals surface area (Å²) < 4.78 is 0. The van der Waals surface area contributed by atoms with E-state index < -0.39 is 22.5 Å². The van der Waals surface area contributed by atoms with Crippen molar-refractivity contribution in [2.75, 3.05) is 0 Å². The number of carbonyl (C=O) groups is 2. The number of benzene rings is 2. The summed E-state index contributed by atoms with van der Waals surface area (Å²) in [5.41, 5.74) is 0.146. The Bertz CT molecular complexity index is 791. The zero-order valence-electron chi connectivity index (χ0n) is 11.7. The highest BCUT2D eigenvalue weighted by molar-refractivity contribution is 6.31. The molecule has 0 radical (unpaired) electrons. The Hall–Kier alpha value is -2.93. The molecule has 2 aromatic carbocycles. The lowest BCUT2D eigenvalue weighted by molar-refractivity contribution is -0.385. The number of halogens is 1. The zero-order valence-corrected chi connectivity index (χ0v) is 12.4. The Balaban J connectivity index is 2.16. The van der Waals surface area contributed by atoms with E-state index in [9.17, 15) is 19.7 Å². The smallest absolute Gasteiger partial charge is 0.335 e. The van der Waals surface area contributed by atoms with Gasteiger partial charge >= 0.3 is 5.97 Å². The number of aromatic carboxylic acids is 1. The number of nitro benzene ring substituents is 1. The molecule has 0 atom stereocenters. The number of hydrogen-bond acceptors (Lipinski definition) is 4. The monoisotopic (exact) mass is 334 g/mol. The van der Waals surface area contributed by atoms with Gasteiger partial charge in [0.25, 0.3) is 11.6 Å². The van der Waals surface area contributed by atoms with Crippen LogP contribution in [-0.4, -0.2) is 21.9 Å². The van der Waals surface area contributed by atoms with Crippen molar-refractivity contribution >= 4 is 29.2 Å². The molecule has 0 unspecified atom stereocenters. The van der Waals surface area contributed by atoms with Gasteiger partial charge in [0.15, 0.2) is 0 Å². The molecule has 2 aromatic rings. The molecular formula is C15H11ClN2O5. The van der Waals surface area contributed by atoms with Gasteiger partial charge in [-0.2, -0.15) is 0 Å². The maximum atomic E-state index is 12.1. The highest BCUT2D eigenvalue weighted by Gasteiger charge is 2.20. The van der Waals surface area contributed by atoms with Gasteiger partial charge in [0.2, 0.25) is 0 Å². The summed E-state index contributed by atoms with van der Waals surface area (Å²) in [5, 5.41) is 22.6. The van der Waals surface area contributed by atoms with E-state index in [-0.39, 0.29) is 22.7 Å². The Morgan fingerprint density at radius 3 is 2.61 bits per heavy atom. The lowest BCUT2D eigenvalue weighted by Gasteiger charge is -2.07. The van der Waals surface area contributed by atoms with Crippen molar-refractivity contribution in [3.8, 4) is 0 Å². The highest BCUT2D eigenvalue weighted by Crippen LogP contribution is 2.23. The molecule has 7 nitrogen and oxygen atoms in total. The van der Waals surface area contributed by atoms with Crippen LogP contribution >= 0.6 is 11.6 Å². The van der Waals surface area contributed by atoms with Crippen molar-refractivity contribution in [1.29, 1.82) is 0 Å². The van der Waals surface area contributed by atoms with E-state index in [1.165, 1.54) is 24.3 Å². The molecule has 0 aliphatic heterocycles. The number of carboxylic acid groups (broad SMARTS) is 1. The molecule has 0 aliphatic rings. The Kier molecular flexibility index (Phi) is 4.92. The summed E-state index contributed by atoms with van der Waals surface area (Å²) >= 11 is 5.69. The first-order valence-corrected chi connectivity index (χ1v) is 6.80. The van der Waals surface area contributed by atoms with E-state index in [1.54, 1.807) is 12.1 Å². The lowest BCUT2D eigenvalue weighted by atomic mass is 10.1. The van der Waals surface area contributed by atoms with Gasteiger partial charge in [0, 0.05) is 17.6 Å². The van der Waals surface area contributed by atoms with Crippen molar-refractivity contribution in [2.45, 2.75) is 6.54 Å². The van der Waals surface area contributed by atoms with Crippen LogP contribution in [0.4, 0.5) is 5.69 Å². The van der Waals surface area contributed by atoms with Crippen molar-refractivity contribution in [2.24, 2.45) is 0 Å². The standard InChI is InChI=1S/C15H11ClN2O5/c16-11-4-5-12(13(7-11)18(22)23)14(19)17-8-9-2-1-3-10(6-9)15(20)21/h1-7H,8H2,(H,17,19)(H,20,21). The number of nitro groups is 1. The Morgan fingerprint density at radius 1 is 1.22 bits per heavy atom. The van der Waals surface area contributed by atoms with Gasteiger partial charge in [0.1, 0.15) is 5.56 Å². The Morgan fingerprint density at radius 2 is 1.96 bits per heavy atom. The number of nitrogens with one attached hydrogen (secondary N) is 1. The van der Waals surface area contributed by atoms with Gasteiger partial charge < -0.3 is 10.4 Å². The summed E-state index contributed by atoms with van der Waals surface area (Å²) in [6, 6.07) is 9.79. The number of amides is 1. The quantitative estimate of drug-likeness (QED) is 0.645. The van der Waals surface area contributed by atoms with Crippen LogP contribution in [0.1, 0.15) is 26.3 Å². The largest absolute Gasteiger partial charge is 0.478 e. The maximum Gasteiger partial charge on any atom is 0.335 e. The summed E-state index contributed by atoms with van der Waals surface area (Å²) in [5.74, 6) is -1.72. The first-order chi connectivity index (χ1) is 10.9. The molecule has 0 fully saturated rings. The number of hydrogen-bond donors (Lipinski definition) is 2. The van der Waals surface area contributed by atoms with Crippen LogP contribution in [0.3, 0.4) is 0 Å². The van der Waals surface area contributed by atoms with Crippen LogP contribution in [0.25, 0.3) is 0 Å². The molecule has 8 heteroatoms. The van der Waals surface area contributed by atoms with E-state index in [0.29, 0.717) is 5.56 Å². The average Bonchev–Trinajstić information content (AvgIpc) is 2.52. The van der Waals surface area contributed by atoms with Crippen LogP contribution in [-0.2, 0) is 6.54 Å². The summed E-state index contributed by atoms with van der Waals surface area (Å²) in [6.45, 7) is 0.0414. The van der Waals surface area contributed by atoms with Gasteiger partial charge in [-0.25, -0.2) is 4.79 Å². The molecule has 0 saturated carbocycles. The van der Waals surface area contributed by atoms with Crippen LogP contribution in [0.5, 0.6) is 0 Å². The third-order valence-corrected chi connectivity index (χ3v) is 3.26. The number of carboxylic acids is 1. The Labute approximate surface area is 135 Å². The fraction of sp³-hybridized carbons (Fsp3) is 0.0667. The lowest BCUT2D eigenvalue weighted by Crippen LogP contribution is -2.23. The molecule has 0 aliphatic carbocycles. The van der Waals surface area contributed by atoms with Crippen molar-refractivity contribution in [3.05, 3.63) is 74.3 Å². The molecule has 0 saturated heterocycles. The SMILES string of the molecule is O=C(O)c1cccc(CNC(=O)c2ccc(Cl)cc2[N+](=O)[O-])c1. The van der Waals surface area contributed by atoms with Crippen molar-refractivity contribution in [1.82, 2.24) is 5.32 Å².